The summed E-state index contributed by atoms with van der Waals surface area (Å²) in [7, 11) is 0. The number of anilines is 1. The van der Waals surface area contributed by atoms with E-state index in [-0.39, 0.29) is 0 Å². The Bertz CT molecular complexity index is 501. The van der Waals surface area contributed by atoms with Gasteiger partial charge in [-0.25, -0.2) is 0 Å². The SMILES string of the molecule is CC(C)n1c(N)nnc1SCC12CC3CC(CC(C3)C1)C2. The first kappa shape index (κ1) is 13.9. The molecule has 4 fully saturated rings. The minimum Gasteiger partial charge on any atom is -0.368 e. The van der Waals surface area contributed by atoms with E-state index in [1.54, 1.807) is 0 Å². The number of nitrogen functional groups attached to an aromatic ring is 1. The van der Waals surface area contributed by atoms with Gasteiger partial charge in [0, 0.05) is 11.8 Å². The predicted octanol–water partition coefficient (Wildman–Crippen LogP) is 3.75. The Morgan fingerprint density at radius 1 is 1.14 bits per heavy atom. The van der Waals surface area contributed by atoms with E-state index in [2.05, 4.69) is 28.6 Å². The molecule has 0 unspecified atom stereocenters. The maximum Gasteiger partial charge on any atom is 0.222 e. The maximum atomic E-state index is 5.95. The molecule has 5 rings (SSSR count). The first-order valence-corrected chi connectivity index (χ1v) is 9.36. The van der Waals surface area contributed by atoms with Gasteiger partial charge in [-0.3, -0.25) is 4.57 Å². The van der Waals surface area contributed by atoms with E-state index in [0.29, 0.717) is 17.4 Å². The van der Waals surface area contributed by atoms with Crippen LogP contribution in [0.25, 0.3) is 0 Å². The van der Waals surface area contributed by atoms with E-state index in [1.165, 1.54) is 44.3 Å². The molecule has 4 aliphatic rings. The molecule has 0 amide bonds. The fourth-order valence-electron chi connectivity index (χ4n) is 5.56. The highest BCUT2D eigenvalue weighted by Gasteiger charge is 2.50. The molecule has 0 spiro atoms. The maximum absolute atomic E-state index is 5.95. The van der Waals surface area contributed by atoms with Crippen molar-refractivity contribution in [3.8, 4) is 0 Å². The average Bonchev–Trinajstić information content (AvgIpc) is 2.76. The molecule has 116 valence electrons. The monoisotopic (exact) mass is 306 g/mol. The predicted molar refractivity (Wildman–Crippen MR) is 86.1 cm³/mol. The van der Waals surface area contributed by atoms with Crippen molar-refractivity contribution in [2.24, 2.45) is 23.2 Å². The molecule has 1 heterocycles. The summed E-state index contributed by atoms with van der Waals surface area (Å²) < 4.78 is 2.07. The van der Waals surface area contributed by atoms with Crippen LogP contribution in [0.1, 0.15) is 58.4 Å². The summed E-state index contributed by atoms with van der Waals surface area (Å²) >= 11 is 1.89. The van der Waals surface area contributed by atoms with Gasteiger partial charge in [-0.15, -0.1) is 10.2 Å². The van der Waals surface area contributed by atoms with Crippen LogP contribution in [-0.4, -0.2) is 20.5 Å². The zero-order valence-corrected chi connectivity index (χ0v) is 13.9. The van der Waals surface area contributed by atoms with Gasteiger partial charge in [-0.2, -0.15) is 0 Å². The Morgan fingerprint density at radius 2 is 1.71 bits per heavy atom. The molecule has 0 radical (unpaired) electrons. The van der Waals surface area contributed by atoms with E-state index in [4.69, 9.17) is 5.73 Å². The van der Waals surface area contributed by atoms with Gasteiger partial charge in [-0.1, -0.05) is 11.8 Å². The van der Waals surface area contributed by atoms with Crippen molar-refractivity contribution in [1.82, 2.24) is 14.8 Å². The minimum atomic E-state index is 0.332. The molecule has 21 heavy (non-hydrogen) atoms. The summed E-state index contributed by atoms with van der Waals surface area (Å²) in [6.45, 7) is 4.29. The van der Waals surface area contributed by atoms with E-state index in [1.807, 2.05) is 11.8 Å². The second-order valence-corrected chi connectivity index (χ2v) is 8.95. The third-order valence-corrected chi connectivity index (χ3v) is 7.17. The second kappa shape index (κ2) is 4.90. The quantitative estimate of drug-likeness (QED) is 0.861. The zero-order chi connectivity index (χ0) is 14.6. The normalized spacial score (nSPS) is 37.6. The van der Waals surface area contributed by atoms with Crippen LogP contribution in [0, 0.1) is 23.2 Å². The molecule has 0 aromatic carbocycles. The third kappa shape index (κ3) is 2.37. The molecule has 1 aromatic rings. The number of nitrogens with two attached hydrogens (primary N) is 1. The molecule has 0 aliphatic heterocycles. The molecule has 1 aromatic heterocycles. The Labute approximate surface area is 131 Å². The highest BCUT2D eigenvalue weighted by Crippen LogP contribution is 2.61. The van der Waals surface area contributed by atoms with Gasteiger partial charge in [-0.05, 0) is 75.5 Å². The number of rotatable bonds is 4. The van der Waals surface area contributed by atoms with E-state index >= 15 is 0 Å². The number of thioether (sulfide) groups is 1. The average molecular weight is 306 g/mol. The first-order valence-electron chi connectivity index (χ1n) is 8.38. The Hall–Kier alpha value is -0.710. The van der Waals surface area contributed by atoms with Gasteiger partial charge < -0.3 is 5.73 Å². The largest absolute Gasteiger partial charge is 0.368 e. The van der Waals surface area contributed by atoms with E-state index in [9.17, 15) is 0 Å². The van der Waals surface area contributed by atoms with Crippen molar-refractivity contribution in [1.29, 1.82) is 0 Å². The fourth-order valence-corrected chi connectivity index (χ4v) is 6.89. The van der Waals surface area contributed by atoms with Crippen LogP contribution in [-0.2, 0) is 0 Å². The van der Waals surface area contributed by atoms with E-state index in [0.717, 1.165) is 22.9 Å². The lowest BCUT2D eigenvalue weighted by Crippen LogP contribution is -2.47. The van der Waals surface area contributed by atoms with Crippen molar-refractivity contribution in [2.75, 3.05) is 11.5 Å². The highest BCUT2D eigenvalue weighted by molar-refractivity contribution is 7.99. The Kier molecular flexibility index (Phi) is 3.25. The topological polar surface area (TPSA) is 56.7 Å². The molecule has 0 saturated heterocycles. The molecule has 5 heteroatoms. The lowest BCUT2D eigenvalue weighted by molar-refractivity contribution is -0.0382. The fraction of sp³-hybridized carbons (Fsp3) is 0.875. The minimum absolute atomic E-state index is 0.332. The lowest BCUT2D eigenvalue weighted by atomic mass is 9.50. The zero-order valence-electron chi connectivity index (χ0n) is 13.1. The van der Waals surface area contributed by atoms with Crippen molar-refractivity contribution in [2.45, 2.75) is 63.6 Å². The van der Waals surface area contributed by atoms with Crippen LogP contribution in [0.2, 0.25) is 0 Å². The summed E-state index contributed by atoms with van der Waals surface area (Å²) in [4.78, 5) is 0. The van der Waals surface area contributed by atoms with Crippen molar-refractivity contribution >= 4 is 17.7 Å². The van der Waals surface area contributed by atoms with Crippen LogP contribution in [0.4, 0.5) is 5.95 Å². The van der Waals surface area contributed by atoms with Gasteiger partial charge in [0.1, 0.15) is 0 Å². The highest BCUT2D eigenvalue weighted by atomic mass is 32.2. The summed E-state index contributed by atoms with van der Waals surface area (Å²) in [6.07, 6.45) is 8.91. The smallest absolute Gasteiger partial charge is 0.222 e. The second-order valence-electron chi connectivity index (χ2n) is 8.01. The van der Waals surface area contributed by atoms with Gasteiger partial charge in [0.2, 0.25) is 5.95 Å². The summed E-state index contributed by atoms with van der Waals surface area (Å²) in [5.74, 6) is 4.82. The van der Waals surface area contributed by atoms with Crippen molar-refractivity contribution < 1.29 is 0 Å². The number of hydrogen-bond acceptors (Lipinski definition) is 4. The molecule has 2 N–H and O–H groups in total. The summed E-state index contributed by atoms with van der Waals surface area (Å²) in [6, 6.07) is 0.332. The van der Waals surface area contributed by atoms with Crippen LogP contribution in [0.15, 0.2) is 5.16 Å². The molecule has 4 nitrogen and oxygen atoms in total. The third-order valence-electron chi connectivity index (χ3n) is 5.88. The Balaban J connectivity index is 1.50. The van der Waals surface area contributed by atoms with Crippen LogP contribution < -0.4 is 5.73 Å². The molecule has 4 saturated carbocycles. The van der Waals surface area contributed by atoms with Crippen LogP contribution in [0.5, 0.6) is 0 Å². The molecule has 4 bridgehead atoms. The molecular weight excluding hydrogens is 280 g/mol. The van der Waals surface area contributed by atoms with Crippen LogP contribution in [0.3, 0.4) is 0 Å². The standard InChI is InChI=1S/C16H26N4S/c1-10(2)20-14(17)18-19-15(20)21-9-16-6-11-3-12(7-16)5-13(4-11)8-16/h10-13H,3-9H2,1-2H3,(H2,17,18). The number of nitrogens with zero attached hydrogens (tertiary/aromatic N) is 3. The van der Waals surface area contributed by atoms with E-state index < -0.39 is 0 Å². The molecule has 0 atom stereocenters. The van der Waals surface area contributed by atoms with Gasteiger partial charge in [0.25, 0.3) is 0 Å². The summed E-state index contributed by atoms with van der Waals surface area (Å²) in [5, 5.41) is 9.39. The van der Waals surface area contributed by atoms with Crippen molar-refractivity contribution in [3.05, 3.63) is 0 Å². The number of aromatic nitrogens is 3. The van der Waals surface area contributed by atoms with Gasteiger partial charge in [0.15, 0.2) is 5.16 Å². The van der Waals surface area contributed by atoms with Gasteiger partial charge >= 0.3 is 0 Å². The molecular formula is C16H26N4S. The molecule has 4 aliphatic carbocycles. The van der Waals surface area contributed by atoms with Gasteiger partial charge in [0.05, 0.1) is 0 Å². The number of hydrogen-bond donors (Lipinski definition) is 1. The Morgan fingerprint density at radius 3 is 2.24 bits per heavy atom. The summed E-state index contributed by atoms with van der Waals surface area (Å²) in [5.41, 5.74) is 6.54. The van der Waals surface area contributed by atoms with Crippen LogP contribution >= 0.6 is 11.8 Å². The lowest BCUT2D eigenvalue weighted by Gasteiger charge is -2.56. The van der Waals surface area contributed by atoms with Crippen molar-refractivity contribution in [3.63, 3.8) is 0 Å². The first-order chi connectivity index (χ1) is 10.0.